The van der Waals surface area contributed by atoms with Crippen LogP contribution in [0.2, 0.25) is 0 Å². The molecule has 1 rings (SSSR count). The molecule has 0 aromatic carbocycles. The van der Waals surface area contributed by atoms with Crippen LogP contribution in [-0.2, 0) is 0 Å². The van der Waals surface area contributed by atoms with Crippen molar-refractivity contribution in [2.24, 2.45) is 40.7 Å². The SMILES string of the molecule is CC(CCC1CC(C)C(C)C(C)C1C)CN=O. The summed E-state index contributed by atoms with van der Waals surface area (Å²) >= 11 is 0. The van der Waals surface area contributed by atoms with Crippen molar-refractivity contribution in [3.05, 3.63) is 4.91 Å². The fourth-order valence-corrected chi connectivity index (χ4v) is 3.43. The minimum absolute atomic E-state index is 0.463. The molecule has 1 saturated carbocycles. The maximum absolute atomic E-state index is 10.2. The summed E-state index contributed by atoms with van der Waals surface area (Å²) in [7, 11) is 0. The first kappa shape index (κ1) is 14.7. The lowest BCUT2D eigenvalue weighted by molar-refractivity contribution is 0.0678. The molecule has 6 atom stereocenters. The molecular formula is C15H29NO. The smallest absolute Gasteiger partial charge is 0.0836 e. The van der Waals surface area contributed by atoms with Crippen LogP contribution in [0.25, 0.3) is 0 Å². The average Bonchev–Trinajstić information content (AvgIpc) is 2.30. The molecule has 0 amide bonds. The minimum Gasteiger partial charge on any atom is -0.151 e. The maximum Gasteiger partial charge on any atom is 0.0836 e. The van der Waals surface area contributed by atoms with Crippen molar-refractivity contribution in [2.45, 2.75) is 53.9 Å². The van der Waals surface area contributed by atoms with Crippen LogP contribution in [-0.4, -0.2) is 6.54 Å². The van der Waals surface area contributed by atoms with Crippen LogP contribution >= 0.6 is 0 Å². The highest BCUT2D eigenvalue weighted by Gasteiger charge is 2.35. The molecule has 17 heavy (non-hydrogen) atoms. The topological polar surface area (TPSA) is 29.4 Å². The van der Waals surface area contributed by atoms with Gasteiger partial charge in [-0.2, -0.15) is 4.91 Å². The van der Waals surface area contributed by atoms with Crippen LogP contribution in [0.1, 0.15) is 53.9 Å². The van der Waals surface area contributed by atoms with E-state index < -0.39 is 0 Å². The summed E-state index contributed by atoms with van der Waals surface area (Å²) < 4.78 is 0. The van der Waals surface area contributed by atoms with Gasteiger partial charge in [0.25, 0.3) is 0 Å². The molecule has 0 aromatic rings. The van der Waals surface area contributed by atoms with Crippen molar-refractivity contribution in [1.29, 1.82) is 0 Å². The fourth-order valence-electron chi connectivity index (χ4n) is 3.43. The molecule has 100 valence electrons. The Hall–Kier alpha value is -0.400. The first-order chi connectivity index (χ1) is 7.97. The first-order valence-electron chi connectivity index (χ1n) is 7.26. The second kappa shape index (κ2) is 6.51. The molecule has 1 fully saturated rings. The van der Waals surface area contributed by atoms with Gasteiger partial charge in [0.1, 0.15) is 0 Å². The van der Waals surface area contributed by atoms with Gasteiger partial charge in [0, 0.05) is 0 Å². The van der Waals surface area contributed by atoms with E-state index in [0.29, 0.717) is 12.5 Å². The van der Waals surface area contributed by atoms with Crippen LogP contribution in [0.3, 0.4) is 0 Å². The highest BCUT2D eigenvalue weighted by Crippen LogP contribution is 2.43. The van der Waals surface area contributed by atoms with Crippen LogP contribution in [0.15, 0.2) is 5.18 Å². The van der Waals surface area contributed by atoms with Gasteiger partial charge in [-0.1, -0.05) is 39.8 Å². The third kappa shape index (κ3) is 3.79. The Morgan fingerprint density at radius 1 is 1.12 bits per heavy atom. The van der Waals surface area contributed by atoms with Crippen molar-refractivity contribution in [3.8, 4) is 0 Å². The minimum atomic E-state index is 0.463. The molecule has 1 aliphatic rings. The van der Waals surface area contributed by atoms with E-state index in [1.165, 1.54) is 12.8 Å². The van der Waals surface area contributed by atoms with Crippen LogP contribution in [0.4, 0.5) is 0 Å². The van der Waals surface area contributed by atoms with Gasteiger partial charge < -0.3 is 0 Å². The molecule has 0 spiro atoms. The molecule has 0 aromatic heterocycles. The van der Waals surface area contributed by atoms with Crippen LogP contribution in [0.5, 0.6) is 0 Å². The quantitative estimate of drug-likeness (QED) is 0.637. The molecule has 2 nitrogen and oxygen atoms in total. The Morgan fingerprint density at radius 2 is 1.76 bits per heavy atom. The molecule has 0 heterocycles. The van der Waals surface area contributed by atoms with E-state index in [4.69, 9.17) is 0 Å². The van der Waals surface area contributed by atoms with E-state index in [0.717, 1.165) is 36.0 Å². The number of nitrogens with zero attached hydrogens (tertiary/aromatic N) is 1. The highest BCUT2D eigenvalue weighted by molar-refractivity contribution is 4.85. The first-order valence-corrected chi connectivity index (χ1v) is 7.26. The van der Waals surface area contributed by atoms with Gasteiger partial charge in [-0.3, -0.25) is 0 Å². The number of nitroso groups, excluding NO2 is 1. The van der Waals surface area contributed by atoms with Gasteiger partial charge >= 0.3 is 0 Å². The zero-order chi connectivity index (χ0) is 13.0. The van der Waals surface area contributed by atoms with Gasteiger partial charge in [-0.25, -0.2) is 0 Å². The van der Waals surface area contributed by atoms with Crippen molar-refractivity contribution in [3.63, 3.8) is 0 Å². The second-order valence-corrected chi connectivity index (χ2v) is 6.54. The highest BCUT2D eigenvalue weighted by atomic mass is 16.3. The van der Waals surface area contributed by atoms with Gasteiger partial charge in [0.05, 0.1) is 6.54 Å². The third-order valence-corrected chi connectivity index (χ3v) is 5.39. The van der Waals surface area contributed by atoms with E-state index >= 15 is 0 Å². The predicted octanol–water partition coefficient (Wildman–Crippen LogP) is 4.73. The predicted molar refractivity (Wildman–Crippen MR) is 73.8 cm³/mol. The molecule has 0 N–H and O–H groups in total. The summed E-state index contributed by atoms with van der Waals surface area (Å²) in [5.74, 6) is 4.69. The van der Waals surface area contributed by atoms with E-state index in [-0.39, 0.29) is 0 Å². The molecule has 0 radical (unpaired) electrons. The summed E-state index contributed by atoms with van der Waals surface area (Å²) in [6.07, 6.45) is 3.81. The standard InChI is InChI=1S/C15H29NO/c1-10(9-16-17)6-7-15-8-11(2)12(3)13(4)14(15)5/h10-15H,6-9H2,1-5H3. The Balaban J connectivity index is 2.45. The van der Waals surface area contributed by atoms with Gasteiger partial charge in [0.2, 0.25) is 0 Å². The monoisotopic (exact) mass is 239 g/mol. The summed E-state index contributed by atoms with van der Waals surface area (Å²) in [6, 6.07) is 0. The molecular weight excluding hydrogens is 210 g/mol. The zero-order valence-electron chi connectivity index (χ0n) is 12.1. The molecule has 6 unspecified atom stereocenters. The third-order valence-electron chi connectivity index (χ3n) is 5.39. The zero-order valence-corrected chi connectivity index (χ0v) is 12.1. The van der Waals surface area contributed by atoms with Crippen molar-refractivity contribution < 1.29 is 0 Å². The number of rotatable bonds is 5. The summed E-state index contributed by atoms with van der Waals surface area (Å²) in [4.78, 5) is 10.2. The lowest BCUT2D eigenvalue weighted by atomic mass is 9.63. The molecule has 1 aliphatic carbocycles. The number of hydrogen-bond acceptors (Lipinski definition) is 2. The lowest BCUT2D eigenvalue weighted by Crippen LogP contribution is -2.35. The molecule has 0 bridgehead atoms. The van der Waals surface area contributed by atoms with Gasteiger partial charge in [-0.05, 0) is 54.8 Å². The van der Waals surface area contributed by atoms with E-state index in [9.17, 15) is 4.91 Å². The summed E-state index contributed by atoms with van der Waals surface area (Å²) in [6.45, 7) is 12.3. The Kier molecular flexibility index (Phi) is 5.61. The second-order valence-electron chi connectivity index (χ2n) is 6.54. The van der Waals surface area contributed by atoms with Crippen molar-refractivity contribution in [2.75, 3.05) is 6.54 Å². The summed E-state index contributed by atoms with van der Waals surface area (Å²) in [5.41, 5.74) is 0. The number of hydrogen-bond donors (Lipinski definition) is 0. The van der Waals surface area contributed by atoms with Crippen molar-refractivity contribution >= 4 is 0 Å². The van der Waals surface area contributed by atoms with Crippen molar-refractivity contribution in [1.82, 2.24) is 0 Å². The molecule has 2 heteroatoms. The van der Waals surface area contributed by atoms with E-state index in [1.807, 2.05) is 0 Å². The molecule has 0 saturated heterocycles. The average molecular weight is 239 g/mol. The normalized spacial score (nSPS) is 39.9. The van der Waals surface area contributed by atoms with Gasteiger partial charge in [-0.15, -0.1) is 0 Å². The lowest BCUT2D eigenvalue weighted by Gasteiger charge is -2.43. The summed E-state index contributed by atoms with van der Waals surface area (Å²) in [5, 5.41) is 3.01. The largest absolute Gasteiger partial charge is 0.151 e. The Morgan fingerprint density at radius 3 is 2.35 bits per heavy atom. The molecule has 0 aliphatic heterocycles. The maximum atomic E-state index is 10.2. The van der Waals surface area contributed by atoms with Crippen LogP contribution < -0.4 is 0 Å². The Bertz CT molecular complexity index is 241. The Labute approximate surface area is 107 Å². The van der Waals surface area contributed by atoms with Gasteiger partial charge in [0.15, 0.2) is 0 Å². The van der Waals surface area contributed by atoms with E-state index in [1.54, 1.807) is 0 Å². The fraction of sp³-hybridized carbons (Fsp3) is 1.00. The van der Waals surface area contributed by atoms with Crippen LogP contribution in [0, 0.1) is 40.4 Å². The van der Waals surface area contributed by atoms with E-state index in [2.05, 4.69) is 39.8 Å².